The van der Waals surface area contributed by atoms with Gasteiger partial charge in [-0.05, 0) is 12.8 Å². The van der Waals surface area contributed by atoms with Crippen molar-refractivity contribution in [1.29, 1.82) is 0 Å². The normalized spacial score (nSPS) is 32.7. The van der Waals surface area contributed by atoms with E-state index in [0.717, 1.165) is 25.7 Å². The molecule has 5 rings (SSSR count). The maximum absolute atomic E-state index is 12.0. The standard InChI is InChI=1S/C19H27ClN5O8P/c20-13-7-11(21-10-3-1-2-4-10)14-17(22-13)25(24-23-14)18-16(27)15(26)12(33-18)8-32-19(34(28,29)30)5-6-31-9-19/h7,10,12,15-16,18,26-27H,1-6,8-9H2,(H,21,22)(H2,28,29,30)/t12-,15-,16-,18-,19?/m1/s1. The van der Waals surface area contributed by atoms with Crippen LogP contribution in [0.2, 0.25) is 5.15 Å². The summed E-state index contributed by atoms with van der Waals surface area (Å²) in [4.78, 5) is 23.8. The lowest BCUT2D eigenvalue weighted by Crippen LogP contribution is -2.39. The van der Waals surface area contributed by atoms with Crippen molar-refractivity contribution in [3.8, 4) is 0 Å². The summed E-state index contributed by atoms with van der Waals surface area (Å²) in [6, 6.07) is 1.97. The van der Waals surface area contributed by atoms with Crippen LogP contribution < -0.4 is 5.32 Å². The lowest BCUT2D eigenvalue weighted by atomic mass is 10.1. The number of aliphatic hydroxyl groups is 2. The van der Waals surface area contributed by atoms with E-state index in [1.54, 1.807) is 6.07 Å². The Labute approximate surface area is 199 Å². The third kappa shape index (κ3) is 4.34. The Hall–Kier alpha value is -1.41. The molecule has 188 valence electrons. The first-order valence-corrected chi connectivity index (χ1v) is 13.1. The first-order valence-electron chi connectivity index (χ1n) is 11.2. The van der Waals surface area contributed by atoms with Gasteiger partial charge in [-0.3, -0.25) is 4.57 Å². The SMILES string of the molecule is O=P(O)(O)C1(OC[C@H]2O[C@@H](n3nnc4c(NC5CCCC5)cc(Cl)nc43)[C@H](O)[C@@H]2O)CCOC1. The summed E-state index contributed by atoms with van der Waals surface area (Å²) in [6.45, 7) is -0.517. The Bertz CT molecular complexity index is 1090. The van der Waals surface area contributed by atoms with Gasteiger partial charge in [0.15, 0.2) is 22.7 Å². The van der Waals surface area contributed by atoms with Crippen LogP contribution in [0, 0.1) is 0 Å². The molecule has 1 saturated carbocycles. The molecule has 4 heterocycles. The fourth-order valence-electron chi connectivity index (χ4n) is 4.73. The molecule has 15 heteroatoms. The van der Waals surface area contributed by atoms with Gasteiger partial charge in [0.05, 0.1) is 25.5 Å². The fourth-order valence-corrected chi connectivity index (χ4v) is 5.80. The van der Waals surface area contributed by atoms with E-state index in [0.29, 0.717) is 17.2 Å². The Kier molecular flexibility index (Phi) is 6.59. The van der Waals surface area contributed by atoms with Gasteiger partial charge < -0.3 is 39.5 Å². The number of aliphatic hydroxyl groups excluding tert-OH is 2. The number of halogens is 1. The summed E-state index contributed by atoms with van der Waals surface area (Å²) in [5.41, 5.74) is 1.39. The molecule has 0 spiro atoms. The molecule has 1 aliphatic carbocycles. The minimum Gasteiger partial charge on any atom is -0.387 e. The van der Waals surface area contributed by atoms with Crippen LogP contribution in [0.25, 0.3) is 11.2 Å². The minimum atomic E-state index is -4.66. The molecule has 0 amide bonds. The van der Waals surface area contributed by atoms with Gasteiger partial charge in [-0.2, -0.15) is 4.68 Å². The Morgan fingerprint density at radius 2 is 2.06 bits per heavy atom. The number of rotatable bonds is 7. The van der Waals surface area contributed by atoms with E-state index in [-0.39, 0.29) is 37.0 Å². The number of pyridine rings is 1. The number of ether oxygens (including phenoxy) is 3. The Morgan fingerprint density at radius 1 is 1.29 bits per heavy atom. The topological polar surface area (TPSA) is 181 Å². The third-order valence-electron chi connectivity index (χ3n) is 6.71. The molecule has 5 N–H and O–H groups in total. The molecule has 5 atom stereocenters. The second-order valence-corrected chi connectivity index (χ2v) is 11.3. The van der Waals surface area contributed by atoms with Crippen molar-refractivity contribution in [2.45, 2.75) is 68.0 Å². The average molecular weight is 520 g/mol. The maximum atomic E-state index is 12.0. The molecule has 2 aliphatic heterocycles. The molecule has 13 nitrogen and oxygen atoms in total. The van der Waals surface area contributed by atoms with Crippen molar-refractivity contribution < 1.29 is 38.8 Å². The first kappa shape index (κ1) is 24.3. The van der Waals surface area contributed by atoms with Gasteiger partial charge in [0, 0.05) is 18.5 Å². The third-order valence-corrected chi connectivity index (χ3v) is 8.44. The molecule has 3 aliphatic rings. The van der Waals surface area contributed by atoms with Crippen LogP contribution in [-0.2, 0) is 18.8 Å². The first-order chi connectivity index (χ1) is 16.2. The average Bonchev–Trinajstić information content (AvgIpc) is 3.56. The van der Waals surface area contributed by atoms with Crippen LogP contribution in [0.3, 0.4) is 0 Å². The van der Waals surface area contributed by atoms with Crippen molar-refractivity contribution in [2.75, 3.05) is 25.1 Å². The van der Waals surface area contributed by atoms with Crippen LogP contribution in [0.4, 0.5) is 5.69 Å². The van der Waals surface area contributed by atoms with E-state index in [2.05, 4.69) is 20.6 Å². The number of fused-ring (bicyclic) bond motifs is 1. The summed E-state index contributed by atoms with van der Waals surface area (Å²) in [6.07, 6.45) is -0.713. The number of anilines is 1. The van der Waals surface area contributed by atoms with E-state index in [1.165, 1.54) is 4.68 Å². The highest BCUT2D eigenvalue weighted by Gasteiger charge is 2.53. The van der Waals surface area contributed by atoms with Crippen LogP contribution in [0.1, 0.15) is 38.3 Å². The zero-order valence-corrected chi connectivity index (χ0v) is 19.8. The van der Waals surface area contributed by atoms with Crippen molar-refractivity contribution in [3.63, 3.8) is 0 Å². The maximum Gasteiger partial charge on any atom is 0.359 e. The van der Waals surface area contributed by atoms with Gasteiger partial charge in [0.2, 0.25) is 0 Å². The smallest absolute Gasteiger partial charge is 0.359 e. The van der Waals surface area contributed by atoms with E-state index >= 15 is 0 Å². The van der Waals surface area contributed by atoms with Crippen LogP contribution in [0.15, 0.2) is 6.07 Å². The molecule has 2 aromatic rings. The van der Waals surface area contributed by atoms with Crippen molar-refractivity contribution in [2.24, 2.45) is 0 Å². The van der Waals surface area contributed by atoms with E-state index in [4.69, 9.17) is 25.8 Å². The molecular formula is C19H27ClN5O8P. The number of hydrogen-bond donors (Lipinski definition) is 5. The van der Waals surface area contributed by atoms with Crippen molar-refractivity contribution in [3.05, 3.63) is 11.2 Å². The molecular weight excluding hydrogens is 493 g/mol. The zero-order valence-electron chi connectivity index (χ0n) is 18.2. The molecule has 34 heavy (non-hydrogen) atoms. The highest BCUT2D eigenvalue weighted by Crippen LogP contribution is 2.55. The summed E-state index contributed by atoms with van der Waals surface area (Å²) in [5, 5.41) is 31.3. The van der Waals surface area contributed by atoms with Gasteiger partial charge in [-0.1, -0.05) is 29.7 Å². The minimum absolute atomic E-state index is 0.00101. The summed E-state index contributed by atoms with van der Waals surface area (Å²) >= 11 is 6.24. The second-order valence-electron chi connectivity index (χ2n) is 8.97. The molecule has 1 unspecified atom stereocenters. The van der Waals surface area contributed by atoms with Crippen molar-refractivity contribution >= 4 is 36.0 Å². The molecule has 3 fully saturated rings. The number of aromatic nitrogens is 4. The van der Waals surface area contributed by atoms with Crippen LogP contribution in [0.5, 0.6) is 0 Å². The fraction of sp³-hybridized carbons (Fsp3) is 0.737. The zero-order chi connectivity index (χ0) is 24.1. The molecule has 0 bridgehead atoms. The lowest BCUT2D eigenvalue weighted by Gasteiger charge is -2.30. The van der Waals surface area contributed by atoms with Crippen LogP contribution >= 0.6 is 19.2 Å². The molecule has 0 aromatic carbocycles. The summed E-state index contributed by atoms with van der Waals surface area (Å²) < 4.78 is 29.7. The van der Waals surface area contributed by atoms with Gasteiger partial charge in [-0.25, -0.2) is 4.98 Å². The van der Waals surface area contributed by atoms with E-state index in [1.807, 2.05) is 0 Å². The lowest BCUT2D eigenvalue weighted by molar-refractivity contribution is -0.0989. The summed E-state index contributed by atoms with van der Waals surface area (Å²) in [7, 11) is -4.66. The van der Waals surface area contributed by atoms with Gasteiger partial charge in [0.25, 0.3) is 0 Å². The number of hydrogen-bond acceptors (Lipinski definition) is 10. The highest BCUT2D eigenvalue weighted by molar-refractivity contribution is 7.53. The van der Waals surface area contributed by atoms with Gasteiger partial charge in [0.1, 0.15) is 23.5 Å². The Morgan fingerprint density at radius 3 is 2.74 bits per heavy atom. The molecule has 0 radical (unpaired) electrons. The van der Waals surface area contributed by atoms with E-state index in [9.17, 15) is 24.6 Å². The van der Waals surface area contributed by atoms with Gasteiger partial charge in [-0.15, -0.1) is 5.10 Å². The monoisotopic (exact) mass is 519 g/mol. The summed E-state index contributed by atoms with van der Waals surface area (Å²) in [5.74, 6) is 0. The quantitative estimate of drug-likeness (QED) is 0.256. The van der Waals surface area contributed by atoms with Gasteiger partial charge >= 0.3 is 7.60 Å². The van der Waals surface area contributed by atoms with E-state index < -0.39 is 37.5 Å². The van der Waals surface area contributed by atoms with Crippen LogP contribution in [-0.4, -0.2) is 89.5 Å². The highest BCUT2D eigenvalue weighted by atomic mass is 35.5. The molecule has 2 aromatic heterocycles. The number of nitrogens with zero attached hydrogens (tertiary/aromatic N) is 4. The predicted octanol–water partition coefficient (Wildman–Crippen LogP) is 0.764. The number of nitrogens with one attached hydrogen (secondary N) is 1. The largest absolute Gasteiger partial charge is 0.387 e. The Balaban J connectivity index is 1.36. The molecule has 2 saturated heterocycles. The van der Waals surface area contributed by atoms with Crippen molar-refractivity contribution in [1.82, 2.24) is 20.0 Å². The predicted molar refractivity (Wildman–Crippen MR) is 118 cm³/mol. The second kappa shape index (κ2) is 9.23.